The minimum Gasteiger partial charge on any atom is -0.312 e. The quantitative estimate of drug-likeness (QED) is 0.144. The molecule has 0 saturated carbocycles. The lowest BCUT2D eigenvalue weighted by Gasteiger charge is -2.38. The SMILES string of the molecule is Bc1cc2c(cc1B)C1(c3cc(B)c(B)c(B)c3-c3c(B)c(B)c(B)c(B)c31)c1c(B)c(B)c(B)c(N(c3ccc(-c4c(B)c(-c5c(B)c(B)c(B)c(B)c5B)cc(-c5c(B)c(B)c(B)c(B)c5B)c4B)c(B)c3B)c3cc4c(c(B)c3B)c3c(B)c(B)c(B)c(B)c3n4-c3cc(B)c(B)c(B)c3B)c1-2. The highest BCUT2D eigenvalue weighted by atomic mass is 15.2. The van der Waals surface area contributed by atoms with Gasteiger partial charge in [-0.1, -0.05) is 161 Å². The van der Waals surface area contributed by atoms with Gasteiger partial charge >= 0.3 is 0 Å². The number of aromatic nitrogens is 1. The molecule has 0 fully saturated rings. The maximum Gasteiger partial charge on any atom is 0.141 e. The number of hydrogen-bond donors (Lipinski definition) is 0. The summed E-state index contributed by atoms with van der Waals surface area (Å²) in [7, 11) is 85.9. The first-order valence-electron chi connectivity index (χ1n) is 39.0. The van der Waals surface area contributed by atoms with Crippen molar-refractivity contribution in [2.75, 3.05) is 4.90 Å². The largest absolute Gasteiger partial charge is 0.312 e. The van der Waals surface area contributed by atoms with Crippen molar-refractivity contribution in [3.8, 4) is 61.3 Å². The van der Waals surface area contributed by atoms with Crippen molar-refractivity contribution in [3.63, 3.8) is 0 Å². The van der Waals surface area contributed by atoms with E-state index >= 15 is 0 Å². The standard InChI is InChI=1S/C67H80B36N2/c68-15-4-10-13(5-16(15)69)67(14-6-17(70)36(75)45(84)27(14)29-32(67)50(89)58(97)56(95)47(29)86)31-23(10)65(63(102)59(98)49(31)88)104(22-8-20-28(46(85)39(22)78)30-48(87)57(96)62(101)64(103)66(30)105(20)21-7-18(71)37(76)51(90)40(21)79)19-2-1-9(35(74)38(19)77)24-33(72)11(25-41(80)52(91)60(99)53(92)42(25)81)3-12(34(24)73)26-43(82)54(93)61(100)55(94)44(26)83/h1-8H,68-103H2. The fourth-order valence-electron chi connectivity index (χ4n) is 20.7. The average Bonchev–Trinajstić information content (AvgIpc) is 1.48. The predicted molar refractivity (Wildman–Crippen MR) is 582 cm³/mol. The van der Waals surface area contributed by atoms with Gasteiger partial charge in [0.25, 0.3) is 0 Å². The van der Waals surface area contributed by atoms with Crippen LogP contribution in [0.2, 0.25) is 0 Å². The van der Waals surface area contributed by atoms with Gasteiger partial charge in [-0.2, -0.15) is 0 Å². The van der Waals surface area contributed by atoms with E-state index in [1.165, 1.54) is 319 Å². The summed E-state index contributed by atoms with van der Waals surface area (Å²) in [5, 5.41) is 2.71. The van der Waals surface area contributed by atoms with Crippen LogP contribution in [0.1, 0.15) is 22.3 Å². The van der Waals surface area contributed by atoms with E-state index < -0.39 is 5.41 Å². The smallest absolute Gasteiger partial charge is 0.141 e. The average molecular weight is 1300 g/mol. The van der Waals surface area contributed by atoms with Crippen LogP contribution in [0.15, 0.2) is 48.5 Å². The molecule has 12 aromatic rings. The molecule has 0 radical (unpaired) electrons. The van der Waals surface area contributed by atoms with Gasteiger partial charge < -0.3 is 9.47 Å². The molecule has 38 heteroatoms. The molecule has 0 aliphatic heterocycles. The Morgan fingerprint density at radius 3 is 1.16 bits per heavy atom. The van der Waals surface area contributed by atoms with Crippen molar-refractivity contribution in [1.29, 1.82) is 0 Å². The second kappa shape index (κ2) is 25.8. The van der Waals surface area contributed by atoms with Gasteiger partial charge in [0.15, 0.2) is 0 Å². The highest BCUT2D eigenvalue weighted by Crippen LogP contribution is 2.62. The van der Waals surface area contributed by atoms with Crippen molar-refractivity contribution < 1.29 is 0 Å². The molecule has 105 heavy (non-hydrogen) atoms. The van der Waals surface area contributed by atoms with Gasteiger partial charge in [0.2, 0.25) is 0 Å². The van der Waals surface area contributed by atoms with Crippen molar-refractivity contribution in [3.05, 3.63) is 70.8 Å². The molecule has 1 heterocycles. The van der Waals surface area contributed by atoms with E-state index in [4.69, 9.17) is 0 Å². The molecular formula is C67H80B36N2. The molecule has 2 aliphatic rings. The highest BCUT2D eigenvalue weighted by Gasteiger charge is 2.56. The van der Waals surface area contributed by atoms with Gasteiger partial charge in [0.05, 0.1) is 10.9 Å². The Balaban J connectivity index is 1.20. The van der Waals surface area contributed by atoms with E-state index in [-0.39, 0.29) is 0 Å². The van der Waals surface area contributed by atoms with E-state index in [9.17, 15) is 0 Å². The summed E-state index contributed by atoms with van der Waals surface area (Å²) in [4.78, 5) is 2.83. The first kappa shape index (κ1) is 75.2. The first-order chi connectivity index (χ1) is 49.2. The van der Waals surface area contributed by atoms with Crippen molar-refractivity contribution in [2.45, 2.75) is 5.41 Å². The lowest BCUT2D eigenvalue weighted by molar-refractivity contribution is 0.808. The normalized spacial score (nSPS) is 13.4. The summed E-state index contributed by atoms with van der Waals surface area (Å²) in [6, 6.07) is 20.7. The van der Waals surface area contributed by atoms with Crippen LogP contribution in [0.4, 0.5) is 17.1 Å². The number of anilines is 3. The van der Waals surface area contributed by atoms with E-state index in [1.54, 1.807) is 0 Å². The van der Waals surface area contributed by atoms with Crippen LogP contribution < -0.4 is 202 Å². The van der Waals surface area contributed by atoms with Crippen LogP contribution in [0.5, 0.6) is 0 Å². The Labute approximate surface area is 659 Å². The first-order valence-corrected chi connectivity index (χ1v) is 39.0. The molecule has 0 N–H and O–H groups in total. The molecule has 14 rings (SSSR count). The van der Waals surface area contributed by atoms with Crippen LogP contribution in [0, 0.1) is 0 Å². The molecule has 1 atom stereocenters. The number of hydrogen-bond acceptors (Lipinski definition) is 1. The Hall–Kier alpha value is -6.64. The minimum atomic E-state index is -0.624. The molecule has 2 aliphatic carbocycles. The molecule has 0 amide bonds. The highest BCUT2D eigenvalue weighted by molar-refractivity contribution is 6.75. The summed E-state index contributed by atoms with van der Waals surface area (Å²) < 4.78 is 2.71. The predicted octanol–water partition coefficient (Wildman–Crippen LogP) is -45.1. The van der Waals surface area contributed by atoms with Gasteiger partial charge in [-0.3, -0.25) is 0 Å². The summed E-state index contributed by atoms with van der Waals surface area (Å²) in [5.74, 6) is 0. The zero-order valence-corrected chi connectivity index (χ0v) is 71.0. The zero-order chi connectivity index (χ0) is 76.8. The summed E-state index contributed by atoms with van der Waals surface area (Å²) >= 11 is 0. The molecule has 466 valence electrons. The second-order valence-corrected chi connectivity index (χ2v) is 33.8. The Bertz CT molecular complexity index is 5990. The maximum absolute atomic E-state index is 2.83. The van der Waals surface area contributed by atoms with Gasteiger partial charge in [-0.25, -0.2) is 0 Å². The third-order valence-corrected chi connectivity index (χ3v) is 29.9. The number of benzene rings is 11. The van der Waals surface area contributed by atoms with Crippen molar-refractivity contribution >= 4 is 518 Å². The number of rotatable bonds is 7. The molecule has 2 nitrogen and oxygen atoms in total. The van der Waals surface area contributed by atoms with Crippen LogP contribution in [0.3, 0.4) is 0 Å². The molecule has 0 saturated heterocycles. The molecule has 1 spiro atoms. The maximum atomic E-state index is 2.83. The van der Waals surface area contributed by atoms with E-state index in [0.29, 0.717) is 0 Å². The molecule has 1 aromatic heterocycles. The van der Waals surface area contributed by atoms with Gasteiger partial charge in [-0.05, 0) is 102 Å². The van der Waals surface area contributed by atoms with Gasteiger partial charge in [0.1, 0.15) is 282 Å². The lowest BCUT2D eigenvalue weighted by atomic mass is 9.56. The van der Waals surface area contributed by atoms with Gasteiger partial charge in [0, 0.05) is 39.2 Å². The lowest BCUT2D eigenvalue weighted by Crippen LogP contribution is -2.56. The zero-order valence-electron chi connectivity index (χ0n) is 71.0. The molecular weight excluding hydrogens is 1220 g/mol. The van der Waals surface area contributed by atoms with E-state index in [1.807, 2.05) is 0 Å². The van der Waals surface area contributed by atoms with E-state index in [0.717, 1.165) is 0 Å². The minimum absolute atomic E-state index is 0.624. The Morgan fingerprint density at radius 1 is 0.229 bits per heavy atom. The molecule has 11 aromatic carbocycles. The Kier molecular flexibility index (Phi) is 18.4. The van der Waals surface area contributed by atoms with Crippen LogP contribution in [-0.2, 0) is 5.41 Å². The van der Waals surface area contributed by atoms with E-state index in [2.05, 4.69) is 340 Å². The molecule has 1 unspecified atom stereocenters. The fraction of sp³-hybridized carbons (Fsp3) is 0.0149. The summed E-state index contributed by atoms with van der Waals surface area (Å²) in [6.45, 7) is 0. The third-order valence-electron chi connectivity index (χ3n) is 29.9. The topological polar surface area (TPSA) is 8.17 Å². The number of nitrogens with zero attached hydrogens (tertiary/aromatic N) is 2. The number of fused-ring (bicyclic) bond motifs is 13. The van der Waals surface area contributed by atoms with Crippen LogP contribution >= 0.6 is 0 Å². The third kappa shape index (κ3) is 9.95. The molecule has 0 bridgehead atoms. The Morgan fingerprint density at radius 2 is 0.619 bits per heavy atom. The monoisotopic (exact) mass is 1310 g/mol. The van der Waals surface area contributed by atoms with Crippen molar-refractivity contribution in [2.24, 2.45) is 0 Å². The fourth-order valence-corrected chi connectivity index (χ4v) is 20.7. The van der Waals surface area contributed by atoms with Crippen LogP contribution in [0.25, 0.3) is 83.1 Å². The second-order valence-electron chi connectivity index (χ2n) is 33.8. The van der Waals surface area contributed by atoms with Crippen molar-refractivity contribution in [1.82, 2.24) is 4.57 Å². The van der Waals surface area contributed by atoms with Crippen LogP contribution in [-0.4, -0.2) is 287 Å². The summed E-state index contributed by atoms with van der Waals surface area (Å²) in [6.07, 6.45) is 0. The van der Waals surface area contributed by atoms with Gasteiger partial charge in [-0.15, -0.1) is 60.1 Å². The summed E-state index contributed by atoms with van der Waals surface area (Å²) in [5.41, 5.74) is 75.0.